The first kappa shape index (κ1) is 27.9. The fourth-order valence-electron chi connectivity index (χ4n) is 5.68. The van der Waals surface area contributed by atoms with Gasteiger partial charge in [-0.15, -0.1) is 0 Å². The van der Waals surface area contributed by atoms with Crippen molar-refractivity contribution in [2.24, 2.45) is 5.41 Å². The van der Waals surface area contributed by atoms with Crippen molar-refractivity contribution in [3.63, 3.8) is 0 Å². The van der Waals surface area contributed by atoms with Crippen molar-refractivity contribution < 1.29 is 0 Å². The number of piperidine rings is 1. The average molecular weight is 541 g/mol. The molecule has 1 saturated carbocycles. The molecular weight excluding hydrogens is 500 g/mol. The van der Waals surface area contributed by atoms with Gasteiger partial charge < -0.3 is 9.80 Å². The van der Waals surface area contributed by atoms with Crippen molar-refractivity contribution in [3.05, 3.63) is 35.6 Å². The Labute approximate surface area is 231 Å². The number of halogens is 1. The molecule has 2 saturated heterocycles. The van der Waals surface area contributed by atoms with Gasteiger partial charge in [-0.25, -0.2) is 19.9 Å². The van der Waals surface area contributed by atoms with Crippen LogP contribution in [0.5, 0.6) is 0 Å². The quantitative estimate of drug-likeness (QED) is 0.332. The Hall–Kier alpha value is -2.12. The number of rotatable bonds is 4. The van der Waals surface area contributed by atoms with Crippen LogP contribution in [0, 0.1) is 5.41 Å². The van der Waals surface area contributed by atoms with Gasteiger partial charge in [0.15, 0.2) is 5.65 Å². The van der Waals surface area contributed by atoms with E-state index in [1.54, 1.807) is 11.8 Å². The lowest BCUT2D eigenvalue weighted by atomic mass is 9.77. The summed E-state index contributed by atoms with van der Waals surface area (Å²) >= 11 is 8.28. The Balaban J connectivity index is 0.000000765. The van der Waals surface area contributed by atoms with Gasteiger partial charge in [0.2, 0.25) is 0 Å². The van der Waals surface area contributed by atoms with Crippen LogP contribution >= 0.6 is 23.4 Å². The summed E-state index contributed by atoms with van der Waals surface area (Å²) in [6.07, 6.45) is 14.3. The van der Waals surface area contributed by atoms with Crippen LogP contribution in [0.3, 0.4) is 0 Å². The molecule has 1 spiro atoms. The fourth-order valence-corrected chi connectivity index (χ4v) is 6.83. The molecule has 3 aromatic heterocycles. The molecule has 6 rings (SSSR count). The Morgan fingerprint density at radius 1 is 0.784 bits per heavy atom. The molecule has 0 unspecified atom stereocenters. The zero-order valence-corrected chi connectivity index (χ0v) is 24.4. The fraction of sp³-hybridized carbons (Fsp3) is 0.586. The second-order valence-corrected chi connectivity index (χ2v) is 11.1. The topological polar surface area (TPSA) is 58.0 Å². The molecule has 6 nitrogen and oxygen atoms in total. The highest BCUT2D eigenvalue weighted by atomic mass is 35.5. The third kappa shape index (κ3) is 6.31. The summed E-state index contributed by atoms with van der Waals surface area (Å²) in [6, 6.07) is 6.00. The van der Waals surface area contributed by atoms with Crippen molar-refractivity contribution in [1.82, 2.24) is 19.9 Å². The van der Waals surface area contributed by atoms with E-state index < -0.39 is 0 Å². The minimum atomic E-state index is 0.608. The third-order valence-electron chi connectivity index (χ3n) is 7.63. The Bertz CT molecular complexity index is 1150. The minimum absolute atomic E-state index is 0.608. The van der Waals surface area contributed by atoms with Gasteiger partial charge in [0.05, 0.1) is 11.2 Å². The van der Waals surface area contributed by atoms with Crippen molar-refractivity contribution in [1.29, 1.82) is 0 Å². The van der Waals surface area contributed by atoms with E-state index in [2.05, 4.69) is 19.8 Å². The van der Waals surface area contributed by atoms with Gasteiger partial charge in [0, 0.05) is 37.3 Å². The molecule has 37 heavy (non-hydrogen) atoms. The van der Waals surface area contributed by atoms with E-state index in [9.17, 15) is 0 Å². The predicted octanol–water partition coefficient (Wildman–Crippen LogP) is 8.04. The van der Waals surface area contributed by atoms with Crippen LogP contribution in [0.1, 0.15) is 79.1 Å². The van der Waals surface area contributed by atoms with Crippen molar-refractivity contribution >= 4 is 46.2 Å². The summed E-state index contributed by atoms with van der Waals surface area (Å²) in [5.74, 6) is 1.86. The van der Waals surface area contributed by atoms with E-state index in [1.807, 2.05) is 58.3 Å². The highest BCUT2D eigenvalue weighted by Gasteiger charge is 2.37. The maximum Gasteiger partial charge on any atom is 0.179 e. The largest absolute Gasteiger partial charge is 0.355 e. The highest BCUT2D eigenvalue weighted by Crippen LogP contribution is 2.46. The summed E-state index contributed by atoms with van der Waals surface area (Å²) in [6.45, 7) is 12.2. The summed E-state index contributed by atoms with van der Waals surface area (Å²) in [4.78, 5) is 24.5. The SMILES string of the molecule is CC.CC.Clc1c(Sc2ccc3nc(N4CCC5(CCCC5)CC4)cnc3n2)ccnc1N1CCCC1. The zero-order chi connectivity index (χ0) is 26.3. The second-order valence-electron chi connectivity index (χ2n) is 9.66. The number of aromatic nitrogens is 4. The van der Waals surface area contributed by atoms with Crippen LogP contribution in [0.15, 0.2) is 40.5 Å². The summed E-state index contributed by atoms with van der Waals surface area (Å²) in [5.41, 5.74) is 2.13. The number of nitrogens with zero attached hydrogens (tertiary/aromatic N) is 6. The van der Waals surface area contributed by atoms with Crippen LogP contribution in [-0.2, 0) is 0 Å². The minimum Gasteiger partial charge on any atom is -0.355 e. The molecule has 200 valence electrons. The molecule has 0 radical (unpaired) electrons. The van der Waals surface area contributed by atoms with Gasteiger partial charge in [-0.05, 0) is 62.1 Å². The molecule has 0 aromatic carbocycles. The monoisotopic (exact) mass is 540 g/mol. The maximum atomic E-state index is 6.72. The number of anilines is 2. The van der Waals surface area contributed by atoms with E-state index >= 15 is 0 Å². The van der Waals surface area contributed by atoms with Crippen LogP contribution in [0.4, 0.5) is 11.6 Å². The molecule has 3 aromatic rings. The highest BCUT2D eigenvalue weighted by molar-refractivity contribution is 7.99. The third-order valence-corrected chi connectivity index (χ3v) is 9.12. The lowest BCUT2D eigenvalue weighted by Gasteiger charge is -2.39. The lowest BCUT2D eigenvalue weighted by molar-refractivity contribution is 0.226. The molecule has 3 fully saturated rings. The van der Waals surface area contributed by atoms with Gasteiger partial charge in [-0.3, -0.25) is 0 Å². The number of hydrogen-bond acceptors (Lipinski definition) is 7. The van der Waals surface area contributed by atoms with Gasteiger partial charge in [0.25, 0.3) is 0 Å². The molecular formula is C29H41ClN6S. The number of pyridine rings is 2. The smallest absolute Gasteiger partial charge is 0.179 e. The predicted molar refractivity (Wildman–Crippen MR) is 157 cm³/mol. The van der Waals surface area contributed by atoms with Crippen LogP contribution in [-0.4, -0.2) is 46.1 Å². The van der Waals surface area contributed by atoms with E-state index in [4.69, 9.17) is 21.6 Å². The molecule has 3 aliphatic rings. The first-order valence-corrected chi connectivity index (χ1v) is 15.3. The number of fused-ring (bicyclic) bond motifs is 1. The van der Waals surface area contributed by atoms with Crippen LogP contribution in [0.2, 0.25) is 5.02 Å². The standard InChI is InChI=1S/C25H29ClN6S.2C2H6/c26-22-19(7-12-27-24(22)32-13-3-4-14-32)33-21-6-5-18-23(30-21)28-17-20(29-18)31-15-10-25(11-16-31)8-1-2-9-25;2*1-2/h5-7,12,17H,1-4,8-11,13-16H2;2*1-2H3. The maximum absolute atomic E-state index is 6.72. The summed E-state index contributed by atoms with van der Waals surface area (Å²) < 4.78 is 0. The van der Waals surface area contributed by atoms with Crippen LogP contribution < -0.4 is 9.80 Å². The van der Waals surface area contributed by atoms with E-state index in [-0.39, 0.29) is 0 Å². The molecule has 0 atom stereocenters. The molecule has 2 aliphatic heterocycles. The van der Waals surface area contributed by atoms with E-state index in [0.29, 0.717) is 16.1 Å². The Morgan fingerprint density at radius 3 is 2.19 bits per heavy atom. The average Bonchev–Trinajstić information content (AvgIpc) is 3.65. The Morgan fingerprint density at radius 2 is 1.49 bits per heavy atom. The molecule has 0 bridgehead atoms. The molecule has 1 aliphatic carbocycles. The van der Waals surface area contributed by atoms with Gasteiger partial charge in [0.1, 0.15) is 22.2 Å². The normalized spacial score (nSPS) is 18.4. The van der Waals surface area contributed by atoms with Gasteiger partial charge in [-0.1, -0.05) is 63.9 Å². The van der Waals surface area contributed by atoms with Gasteiger partial charge in [-0.2, -0.15) is 0 Å². The lowest BCUT2D eigenvalue weighted by Crippen LogP contribution is -2.39. The summed E-state index contributed by atoms with van der Waals surface area (Å²) in [5, 5.41) is 1.57. The van der Waals surface area contributed by atoms with E-state index in [0.717, 1.165) is 53.3 Å². The van der Waals surface area contributed by atoms with Crippen molar-refractivity contribution in [3.8, 4) is 0 Å². The number of hydrogen-bond donors (Lipinski definition) is 0. The molecule has 5 heterocycles. The molecule has 0 amide bonds. The van der Waals surface area contributed by atoms with Crippen LogP contribution in [0.25, 0.3) is 11.2 Å². The first-order chi connectivity index (χ1) is 18.2. The van der Waals surface area contributed by atoms with Gasteiger partial charge >= 0.3 is 0 Å². The second kappa shape index (κ2) is 13.1. The molecule has 0 N–H and O–H groups in total. The van der Waals surface area contributed by atoms with Crippen molar-refractivity contribution in [2.45, 2.75) is 89.0 Å². The zero-order valence-electron chi connectivity index (χ0n) is 22.8. The molecule has 8 heteroatoms. The van der Waals surface area contributed by atoms with Crippen molar-refractivity contribution in [2.75, 3.05) is 36.0 Å². The van der Waals surface area contributed by atoms with E-state index in [1.165, 1.54) is 51.4 Å². The first-order valence-electron chi connectivity index (χ1n) is 14.2. The Kier molecular flexibility index (Phi) is 9.88. The summed E-state index contributed by atoms with van der Waals surface area (Å²) in [7, 11) is 0.